The third kappa shape index (κ3) is 2.01. The molecule has 1 amide bonds. The average Bonchev–Trinajstić information content (AvgIpc) is 2.99. The number of hydrogen-bond donors (Lipinski definition) is 2. The van der Waals surface area contributed by atoms with Crippen molar-refractivity contribution in [3.63, 3.8) is 0 Å². The predicted molar refractivity (Wildman–Crippen MR) is 68.2 cm³/mol. The fourth-order valence-electron chi connectivity index (χ4n) is 3.18. The smallest absolute Gasteiger partial charge is 0.307 e. The van der Waals surface area contributed by atoms with Crippen LogP contribution in [0.25, 0.3) is 0 Å². The molecule has 2 aliphatic rings. The Morgan fingerprint density at radius 3 is 2.63 bits per heavy atom. The molecule has 1 fully saturated rings. The second-order valence-corrected chi connectivity index (χ2v) is 5.07. The number of pyridine rings is 1. The monoisotopic (exact) mass is 258 g/mol. The highest BCUT2D eigenvalue weighted by Gasteiger charge is 2.51. The highest BCUT2D eigenvalue weighted by Crippen LogP contribution is 2.48. The number of hydrogen-bond acceptors (Lipinski definition) is 3. The summed E-state index contributed by atoms with van der Waals surface area (Å²) in [6.45, 7) is 0. The van der Waals surface area contributed by atoms with E-state index in [1.807, 2.05) is 12.2 Å². The van der Waals surface area contributed by atoms with Crippen molar-refractivity contribution in [2.24, 2.45) is 23.7 Å². The summed E-state index contributed by atoms with van der Waals surface area (Å²) in [5, 5.41) is 12.0. The first-order valence-electron chi connectivity index (χ1n) is 6.29. The molecule has 0 aromatic carbocycles. The van der Waals surface area contributed by atoms with E-state index in [2.05, 4.69) is 10.3 Å². The van der Waals surface area contributed by atoms with Crippen molar-refractivity contribution in [3.05, 3.63) is 36.7 Å². The zero-order valence-corrected chi connectivity index (χ0v) is 10.2. The first kappa shape index (κ1) is 11.9. The summed E-state index contributed by atoms with van der Waals surface area (Å²) in [5.41, 5.74) is 0.600. The van der Waals surface area contributed by atoms with E-state index in [1.54, 1.807) is 24.5 Å². The van der Waals surface area contributed by atoms with Crippen LogP contribution in [0.15, 0.2) is 36.7 Å². The Hall–Kier alpha value is -2.17. The number of carboxylic acid groups (broad SMARTS) is 1. The Labute approximate surface area is 110 Å². The summed E-state index contributed by atoms with van der Waals surface area (Å²) in [6, 6.07) is 3.47. The second kappa shape index (κ2) is 4.50. The largest absolute Gasteiger partial charge is 0.481 e. The molecule has 1 saturated carbocycles. The van der Waals surface area contributed by atoms with Crippen LogP contribution < -0.4 is 5.32 Å². The van der Waals surface area contributed by atoms with Crippen molar-refractivity contribution in [1.82, 2.24) is 4.98 Å². The molecule has 0 spiro atoms. The summed E-state index contributed by atoms with van der Waals surface area (Å²) in [5.74, 6) is -2.16. The molecule has 2 bridgehead atoms. The number of carbonyl (C=O) groups excluding carboxylic acids is 1. The summed E-state index contributed by atoms with van der Waals surface area (Å²) < 4.78 is 0. The van der Waals surface area contributed by atoms with Gasteiger partial charge in [-0.1, -0.05) is 12.2 Å². The topological polar surface area (TPSA) is 79.3 Å². The van der Waals surface area contributed by atoms with Gasteiger partial charge < -0.3 is 10.4 Å². The molecule has 0 unspecified atom stereocenters. The summed E-state index contributed by atoms with van der Waals surface area (Å²) in [6.07, 6.45) is 7.84. The Kier molecular flexibility index (Phi) is 2.81. The fourth-order valence-corrected chi connectivity index (χ4v) is 3.18. The predicted octanol–water partition coefficient (Wildman–Crippen LogP) is 1.54. The fraction of sp³-hybridized carbons (Fsp3) is 0.357. The van der Waals surface area contributed by atoms with Gasteiger partial charge in [0.15, 0.2) is 0 Å². The van der Waals surface area contributed by atoms with Crippen LogP contribution >= 0.6 is 0 Å². The third-order valence-electron chi connectivity index (χ3n) is 3.98. The minimum Gasteiger partial charge on any atom is -0.481 e. The van der Waals surface area contributed by atoms with Crippen molar-refractivity contribution >= 4 is 17.6 Å². The number of aromatic nitrogens is 1. The van der Waals surface area contributed by atoms with Crippen LogP contribution in [0.2, 0.25) is 0 Å². The van der Waals surface area contributed by atoms with Crippen LogP contribution in [0.5, 0.6) is 0 Å². The summed E-state index contributed by atoms with van der Waals surface area (Å²) in [4.78, 5) is 27.5. The number of carbonyl (C=O) groups is 2. The maximum Gasteiger partial charge on any atom is 0.307 e. The molecule has 0 saturated heterocycles. The van der Waals surface area contributed by atoms with Gasteiger partial charge in [0, 0.05) is 6.20 Å². The minimum atomic E-state index is -0.886. The lowest BCUT2D eigenvalue weighted by molar-refractivity contribution is -0.146. The number of nitrogens with zero attached hydrogens (tertiary/aromatic N) is 1. The van der Waals surface area contributed by atoms with Crippen molar-refractivity contribution in [1.29, 1.82) is 0 Å². The van der Waals surface area contributed by atoms with E-state index in [1.165, 1.54) is 0 Å². The van der Waals surface area contributed by atoms with Gasteiger partial charge in [0.05, 0.1) is 23.7 Å². The number of allylic oxidation sites excluding steroid dienone is 2. The molecule has 98 valence electrons. The molecule has 0 aliphatic heterocycles. The highest BCUT2D eigenvalue weighted by atomic mass is 16.4. The normalized spacial score (nSPS) is 31.4. The molecule has 3 rings (SSSR count). The van der Waals surface area contributed by atoms with Crippen molar-refractivity contribution in [3.8, 4) is 0 Å². The SMILES string of the molecule is O=C(O)[C@H]1[C@H](C(=O)Nc2cccnc2)[C@H]2C=C[C@H]1C2. The van der Waals surface area contributed by atoms with Crippen molar-refractivity contribution in [2.45, 2.75) is 6.42 Å². The molecule has 5 heteroatoms. The molecule has 5 nitrogen and oxygen atoms in total. The van der Waals surface area contributed by atoms with Gasteiger partial charge in [0.25, 0.3) is 0 Å². The number of nitrogens with one attached hydrogen (secondary N) is 1. The van der Waals surface area contributed by atoms with E-state index in [4.69, 9.17) is 0 Å². The zero-order chi connectivity index (χ0) is 13.4. The van der Waals surface area contributed by atoms with Gasteiger partial charge in [-0.15, -0.1) is 0 Å². The standard InChI is InChI=1S/C14H14N2O3/c17-13(16-10-2-1-5-15-7-10)11-8-3-4-9(6-8)12(11)14(18)19/h1-5,7-9,11-12H,6H2,(H,16,17)(H,18,19)/t8-,9-,11+,12+/m0/s1. The number of rotatable bonds is 3. The van der Waals surface area contributed by atoms with E-state index < -0.39 is 17.8 Å². The van der Waals surface area contributed by atoms with Gasteiger partial charge in [0.1, 0.15) is 0 Å². The van der Waals surface area contributed by atoms with Crippen LogP contribution in [-0.4, -0.2) is 22.0 Å². The highest BCUT2D eigenvalue weighted by molar-refractivity contribution is 5.96. The number of anilines is 1. The van der Waals surface area contributed by atoms with Crippen molar-refractivity contribution < 1.29 is 14.7 Å². The Morgan fingerprint density at radius 2 is 2.00 bits per heavy atom. The van der Waals surface area contributed by atoms with Gasteiger partial charge in [-0.05, 0) is 30.4 Å². The maximum absolute atomic E-state index is 12.3. The van der Waals surface area contributed by atoms with Gasteiger partial charge in [0.2, 0.25) is 5.91 Å². The quantitative estimate of drug-likeness (QED) is 0.806. The number of aliphatic carboxylic acids is 1. The maximum atomic E-state index is 12.3. The summed E-state index contributed by atoms with van der Waals surface area (Å²) in [7, 11) is 0. The molecule has 1 aromatic heterocycles. The Morgan fingerprint density at radius 1 is 1.26 bits per heavy atom. The van der Waals surface area contributed by atoms with E-state index >= 15 is 0 Å². The van der Waals surface area contributed by atoms with Crippen LogP contribution in [-0.2, 0) is 9.59 Å². The average molecular weight is 258 g/mol. The Bertz CT molecular complexity index is 541. The first-order valence-corrected chi connectivity index (χ1v) is 6.29. The van der Waals surface area contributed by atoms with E-state index in [9.17, 15) is 14.7 Å². The van der Waals surface area contributed by atoms with Gasteiger partial charge in [-0.2, -0.15) is 0 Å². The third-order valence-corrected chi connectivity index (χ3v) is 3.98. The lowest BCUT2D eigenvalue weighted by Gasteiger charge is -2.23. The van der Waals surface area contributed by atoms with Crippen LogP contribution in [0.3, 0.4) is 0 Å². The van der Waals surface area contributed by atoms with Crippen LogP contribution in [0.4, 0.5) is 5.69 Å². The van der Waals surface area contributed by atoms with E-state index in [-0.39, 0.29) is 17.7 Å². The molecular formula is C14H14N2O3. The summed E-state index contributed by atoms with van der Waals surface area (Å²) >= 11 is 0. The number of amides is 1. The molecule has 19 heavy (non-hydrogen) atoms. The number of fused-ring (bicyclic) bond motifs is 2. The first-order chi connectivity index (χ1) is 9.16. The van der Waals surface area contributed by atoms with Gasteiger partial charge in [-0.25, -0.2) is 0 Å². The van der Waals surface area contributed by atoms with Gasteiger partial charge >= 0.3 is 5.97 Å². The molecule has 1 aromatic rings. The minimum absolute atomic E-state index is 0.00727. The van der Waals surface area contributed by atoms with Crippen LogP contribution in [0.1, 0.15) is 6.42 Å². The second-order valence-electron chi connectivity index (χ2n) is 5.07. The van der Waals surface area contributed by atoms with E-state index in [0.717, 1.165) is 6.42 Å². The molecule has 0 radical (unpaired) electrons. The lowest BCUT2D eigenvalue weighted by Crippen LogP contribution is -2.36. The molecule has 4 atom stereocenters. The molecule has 2 N–H and O–H groups in total. The Balaban J connectivity index is 1.79. The van der Waals surface area contributed by atoms with Crippen molar-refractivity contribution in [2.75, 3.05) is 5.32 Å². The van der Waals surface area contributed by atoms with Gasteiger partial charge in [-0.3, -0.25) is 14.6 Å². The molecule has 2 aliphatic carbocycles. The van der Waals surface area contributed by atoms with E-state index in [0.29, 0.717) is 5.69 Å². The lowest BCUT2D eigenvalue weighted by atomic mass is 9.82. The van der Waals surface area contributed by atoms with Crippen LogP contribution in [0, 0.1) is 23.7 Å². The number of carboxylic acids is 1. The zero-order valence-electron chi connectivity index (χ0n) is 10.2. The molecule has 1 heterocycles. The molecular weight excluding hydrogens is 244 g/mol.